The second-order valence-electron chi connectivity index (χ2n) is 3.80. The third-order valence-corrected chi connectivity index (χ3v) is 3.61. The van der Waals surface area contributed by atoms with Crippen LogP contribution < -0.4 is 0 Å². The van der Waals surface area contributed by atoms with E-state index < -0.39 is 5.97 Å². The predicted molar refractivity (Wildman–Crippen MR) is 57.4 cm³/mol. The van der Waals surface area contributed by atoms with Crippen LogP contribution >= 0.6 is 15.9 Å². The Hall–Kier alpha value is -0.830. The maximum Gasteiger partial charge on any atom is 0.307 e. The monoisotopic (exact) mass is 254 g/mol. The van der Waals surface area contributed by atoms with Crippen molar-refractivity contribution in [2.24, 2.45) is 5.92 Å². The molecule has 0 spiro atoms. The van der Waals surface area contributed by atoms with Gasteiger partial charge in [0.15, 0.2) is 0 Å². The number of halogens is 1. The van der Waals surface area contributed by atoms with Gasteiger partial charge in [0.1, 0.15) is 0 Å². The van der Waals surface area contributed by atoms with Gasteiger partial charge in [-0.2, -0.15) is 0 Å². The second kappa shape index (κ2) is 3.39. The molecule has 0 aliphatic heterocycles. The lowest BCUT2D eigenvalue weighted by atomic mass is 10.1. The fourth-order valence-corrected chi connectivity index (χ4v) is 1.98. The summed E-state index contributed by atoms with van der Waals surface area (Å²) in [7, 11) is 0. The fourth-order valence-electron chi connectivity index (χ4n) is 1.73. The number of benzene rings is 1. The lowest BCUT2D eigenvalue weighted by molar-refractivity contribution is -0.138. The molecule has 1 aliphatic rings. The van der Waals surface area contributed by atoms with Gasteiger partial charge >= 0.3 is 5.97 Å². The molecule has 0 saturated heterocycles. The van der Waals surface area contributed by atoms with Crippen LogP contribution in [0, 0.1) is 12.8 Å². The van der Waals surface area contributed by atoms with Crippen molar-refractivity contribution < 1.29 is 9.90 Å². The van der Waals surface area contributed by atoms with Gasteiger partial charge in [0.2, 0.25) is 0 Å². The Kier molecular flexibility index (Phi) is 2.35. The molecule has 1 aromatic carbocycles. The maximum absolute atomic E-state index is 10.7. The average molecular weight is 255 g/mol. The van der Waals surface area contributed by atoms with Gasteiger partial charge in [-0.1, -0.05) is 28.1 Å². The fraction of sp³-hybridized carbons (Fsp3) is 0.364. The third kappa shape index (κ3) is 1.69. The third-order valence-electron chi connectivity index (χ3n) is 2.72. The minimum atomic E-state index is -0.671. The van der Waals surface area contributed by atoms with Crippen LogP contribution in [0.1, 0.15) is 23.5 Å². The Labute approximate surface area is 91.1 Å². The molecule has 1 fully saturated rings. The van der Waals surface area contributed by atoms with Gasteiger partial charge in [-0.25, -0.2) is 0 Å². The Morgan fingerprint density at radius 1 is 1.57 bits per heavy atom. The minimum absolute atomic E-state index is 0.157. The molecule has 0 radical (unpaired) electrons. The standard InChI is InChI=1S/C11H11BrO2/c1-6-4-7(2-3-10(6)12)8-5-9(8)11(13)14/h2-4,8-9H,5H2,1H3,(H,13,14)/t8-,9+/m0/s1. The molecule has 1 saturated carbocycles. The van der Waals surface area contributed by atoms with Crippen molar-refractivity contribution >= 4 is 21.9 Å². The normalized spacial score (nSPS) is 24.7. The summed E-state index contributed by atoms with van der Waals surface area (Å²) in [6.07, 6.45) is 0.788. The Morgan fingerprint density at radius 2 is 2.29 bits per heavy atom. The first-order chi connectivity index (χ1) is 6.59. The molecular weight excluding hydrogens is 244 g/mol. The lowest BCUT2D eigenvalue weighted by Gasteiger charge is -2.02. The van der Waals surface area contributed by atoms with Crippen molar-refractivity contribution in [2.45, 2.75) is 19.3 Å². The Morgan fingerprint density at radius 3 is 2.79 bits per heavy atom. The van der Waals surface area contributed by atoms with Crippen molar-refractivity contribution in [1.82, 2.24) is 0 Å². The van der Waals surface area contributed by atoms with Crippen LogP contribution in [-0.4, -0.2) is 11.1 Å². The van der Waals surface area contributed by atoms with Crippen molar-refractivity contribution in [1.29, 1.82) is 0 Å². The van der Waals surface area contributed by atoms with Crippen LogP contribution in [0.4, 0.5) is 0 Å². The first-order valence-electron chi connectivity index (χ1n) is 4.58. The highest BCUT2D eigenvalue weighted by molar-refractivity contribution is 9.10. The minimum Gasteiger partial charge on any atom is -0.481 e. The Bertz CT molecular complexity index is 387. The number of hydrogen-bond acceptors (Lipinski definition) is 1. The van der Waals surface area contributed by atoms with E-state index >= 15 is 0 Å². The molecule has 1 N–H and O–H groups in total. The SMILES string of the molecule is Cc1cc([C@@H]2C[C@H]2C(=O)O)ccc1Br. The van der Waals surface area contributed by atoms with E-state index in [-0.39, 0.29) is 11.8 Å². The molecule has 1 aliphatic carbocycles. The van der Waals surface area contributed by atoms with E-state index in [0.717, 1.165) is 16.5 Å². The van der Waals surface area contributed by atoms with Gasteiger partial charge in [0, 0.05) is 4.47 Å². The summed E-state index contributed by atoms with van der Waals surface area (Å²) in [4.78, 5) is 10.7. The van der Waals surface area contributed by atoms with Gasteiger partial charge in [0.25, 0.3) is 0 Å². The molecule has 3 heteroatoms. The van der Waals surface area contributed by atoms with E-state index in [1.807, 2.05) is 19.1 Å². The molecular formula is C11H11BrO2. The summed E-state index contributed by atoms with van der Waals surface area (Å²) in [6.45, 7) is 2.02. The van der Waals surface area contributed by atoms with E-state index in [4.69, 9.17) is 5.11 Å². The van der Waals surface area contributed by atoms with Gasteiger partial charge < -0.3 is 5.11 Å². The van der Waals surface area contributed by atoms with Gasteiger partial charge in [-0.05, 0) is 36.5 Å². The molecule has 0 amide bonds. The largest absolute Gasteiger partial charge is 0.481 e. The van der Waals surface area contributed by atoms with E-state index in [1.165, 1.54) is 5.56 Å². The number of aliphatic carboxylic acids is 1. The maximum atomic E-state index is 10.7. The molecule has 2 rings (SSSR count). The van der Waals surface area contributed by atoms with Crippen molar-refractivity contribution in [3.05, 3.63) is 33.8 Å². The smallest absolute Gasteiger partial charge is 0.307 e. The predicted octanol–water partition coefficient (Wildman–Crippen LogP) is 2.95. The topological polar surface area (TPSA) is 37.3 Å². The number of carboxylic acid groups (broad SMARTS) is 1. The van der Waals surface area contributed by atoms with Crippen molar-refractivity contribution in [3.8, 4) is 0 Å². The summed E-state index contributed by atoms with van der Waals surface area (Å²) in [5, 5.41) is 8.80. The molecule has 0 unspecified atom stereocenters. The van der Waals surface area contributed by atoms with Crippen molar-refractivity contribution in [3.63, 3.8) is 0 Å². The van der Waals surface area contributed by atoms with Crippen LogP contribution in [0.3, 0.4) is 0 Å². The molecule has 14 heavy (non-hydrogen) atoms. The number of rotatable bonds is 2. The highest BCUT2D eigenvalue weighted by Gasteiger charge is 2.44. The number of carboxylic acids is 1. The summed E-state index contributed by atoms with van der Waals surface area (Å²) >= 11 is 3.43. The van der Waals surface area contributed by atoms with Gasteiger partial charge in [-0.3, -0.25) is 4.79 Å². The molecule has 2 nitrogen and oxygen atoms in total. The quantitative estimate of drug-likeness (QED) is 0.882. The number of carbonyl (C=O) groups is 1. The average Bonchev–Trinajstić information content (AvgIpc) is 2.89. The summed E-state index contributed by atoms with van der Waals surface area (Å²) in [5.74, 6) is -0.592. The molecule has 1 aromatic rings. The highest BCUT2D eigenvalue weighted by Crippen LogP contribution is 2.47. The molecule has 2 atom stereocenters. The Balaban J connectivity index is 2.20. The van der Waals surface area contributed by atoms with Crippen LogP contribution in [0.15, 0.2) is 22.7 Å². The molecule has 74 valence electrons. The van der Waals surface area contributed by atoms with Gasteiger partial charge in [0.05, 0.1) is 5.92 Å². The molecule has 0 bridgehead atoms. The zero-order valence-electron chi connectivity index (χ0n) is 7.83. The van der Waals surface area contributed by atoms with E-state index in [1.54, 1.807) is 0 Å². The number of hydrogen-bond donors (Lipinski definition) is 1. The van der Waals surface area contributed by atoms with Crippen molar-refractivity contribution in [2.75, 3.05) is 0 Å². The zero-order valence-corrected chi connectivity index (χ0v) is 9.41. The van der Waals surface area contributed by atoms with Crippen LogP contribution in [0.5, 0.6) is 0 Å². The van der Waals surface area contributed by atoms with Crippen LogP contribution in [0.25, 0.3) is 0 Å². The summed E-state index contributed by atoms with van der Waals surface area (Å²) in [6, 6.07) is 6.06. The summed E-state index contributed by atoms with van der Waals surface area (Å²) < 4.78 is 1.08. The first-order valence-corrected chi connectivity index (χ1v) is 5.37. The second-order valence-corrected chi connectivity index (χ2v) is 4.65. The van der Waals surface area contributed by atoms with E-state index in [2.05, 4.69) is 22.0 Å². The number of aryl methyl sites for hydroxylation is 1. The first kappa shape index (κ1) is 9.71. The van der Waals surface area contributed by atoms with E-state index in [0.29, 0.717) is 0 Å². The molecule has 0 aromatic heterocycles. The van der Waals surface area contributed by atoms with Crippen LogP contribution in [-0.2, 0) is 4.79 Å². The summed E-state index contributed by atoms with van der Waals surface area (Å²) in [5.41, 5.74) is 2.32. The lowest BCUT2D eigenvalue weighted by Crippen LogP contribution is -1.98. The van der Waals surface area contributed by atoms with E-state index in [9.17, 15) is 4.79 Å². The highest BCUT2D eigenvalue weighted by atomic mass is 79.9. The van der Waals surface area contributed by atoms with Crippen LogP contribution in [0.2, 0.25) is 0 Å². The zero-order chi connectivity index (χ0) is 10.3. The van der Waals surface area contributed by atoms with Gasteiger partial charge in [-0.15, -0.1) is 0 Å². The molecule has 0 heterocycles.